The van der Waals surface area contributed by atoms with Crippen LogP contribution in [0.25, 0.3) is 10.7 Å². The molecule has 9 heteroatoms. The highest BCUT2D eigenvalue weighted by Gasteiger charge is 2.22. The highest BCUT2D eigenvalue weighted by molar-refractivity contribution is 8.00. The zero-order valence-electron chi connectivity index (χ0n) is 16.5. The standard InChI is InChI=1S/C22H18ClFN4OS2/c1-14(21(29)25-18-10-9-16(24)12-17(18)23)31-22-27-26-20(19-8-5-11-30-19)28(22)13-15-6-3-2-4-7-15/h2-12,14H,13H2,1H3,(H,25,29)/t14-/m0/s1. The van der Waals surface area contributed by atoms with Crippen LogP contribution in [0.5, 0.6) is 0 Å². The summed E-state index contributed by atoms with van der Waals surface area (Å²) in [5.74, 6) is 0.0431. The van der Waals surface area contributed by atoms with E-state index in [0.717, 1.165) is 16.3 Å². The molecule has 0 fully saturated rings. The maximum absolute atomic E-state index is 13.3. The molecular weight excluding hydrogens is 455 g/mol. The molecule has 0 aliphatic heterocycles. The summed E-state index contributed by atoms with van der Waals surface area (Å²) in [5, 5.41) is 13.8. The van der Waals surface area contributed by atoms with Crippen LogP contribution in [0.2, 0.25) is 5.02 Å². The fraction of sp³-hybridized carbons (Fsp3) is 0.136. The van der Waals surface area contributed by atoms with Crippen LogP contribution in [0.15, 0.2) is 71.2 Å². The second-order valence-electron chi connectivity index (χ2n) is 6.73. The van der Waals surface area contributed by atoms with Crippen molar-refractivity contribution in [3.63, 3.8) is 0 Å². The van der Waals surface area contributed by atoms with E-state index in [1.807, 2.05) is 52.4 Å². The minimum atomic E-state index is -0.476. The van der Waals surface area contributed by atoms with Crippen molar-refractivity contribution in [2.45, 2.75) is 23.9 Å². The van der Waals surface area contributed by atoms with Crippen molar-refractivity contribution < 1.29 is 9.18 Å². The maximum Gasteiger partial charge on any atom is 0.237 e. The van der Waals surface area contributed by atoms with E-state index in [0.29, 0.717) is 17.4 Å². The summed E-state index contributed by atoms with van der Waals surface area (Å²) < 4.78 is 15.3. The molecule has 4 rings (SSSR count). The van der Waals surface area contributed by atoms with Gasteiger partial charge in [0.25, 0.3) is 0 Å². The van der Waals surface area contributed by atoms with Gasteiger partial charge in [0.2, 0.25) is 5.91 Å². The largest absolute Gasteiger partial charge is 0.324 e. The SMILES string of the molecule is C[C@H](Sc1nnc(-c2cccs2)n1Cc1ccccc1)C(=O)Nc1ccc(F)cc1Cl. The van der Waals surface area contributed by atoms with Crippen molar-refractivity contribution in [1.29, 1.82) is 0 Å². The molecule has 158 valence electrons. The van der Waals surface area contributed by atoms with Crippen LogP contribution in [0.3, 0.4) is 0 Å². The number of hydrogen-bond acceptors (Lipinski definition) is 5. The number of nitrogens with zero attached hydrogens (tertiary/aromatic N) is 3. The van der Waals surface area contributed by atoms with Crippen LogP contribution >= 0.6 is 34.7 Å². The van der Waals surface area contributed by atoms with E-state index in [1.54, 1.807) is 18.3 Å². The predicted octanol–water partition coefficient (Wildman–Crippen LogP) is 5.97. The van der Waals surface area contributed by atoms with Crippen LogP contribution in [0.1, 0.15) is 12.5 Å². The zero-order valence-corrected chi connectivity index (χ0v) is 18.8. The highest BCUT2D eigenvalue weighted by atomic mass is 35.5. The lowest BCUT2D eigenvalue weighted by Crippen LogP contribution is -2.23. The van der Waals surface area contributed by atoms with E-state index in [4.69, 9.17) is 11.6 Å². The average molecular weight is 473 g/mol. The number of rotatable bonds is 7. The summed E-state index contributed by atoms with van der Waals surface area (Å²) in [6.07, 6.45) is 0. The van der Waals surface area contributed by atoms with Crippen molar-refractivity contribution in [3.05, 3.63) is 82.4 Å². The predicted molar refractivity (Wildman–Crippen MR) is 124 cm³/mol. The van der Waals surface area contributed by atoms with Gasteiger partial charge in [0, 0.05) is 0 Å². The molecule has 0 bridgehead atoms. The van der Waals surface area contributed by atoms with Crippen molar-refractivity contribution in [2.24, 2.45) is 0 Å². The van der Waals surface area contributed by atoms with Gasteiger partial charge in [-0.2, -0.15) is 0 Å². The van der Waals surface area contributed by atoms with Crippen molar-refractivity contribution in [1.82, 2.24) is 14.8 Å². The third-order valence-electron chi connectivity index (χ3n) is 4.48. The maximum atomic E-state index is 13.3. The third-order valence-corrected chi connectivity index (χ3v) is 6.74. The van der Waals surface area contributed by atoms with E-state index >= 15 is 0 Å². The van der Waals surface area contributed by atoms with Crippen LogP contribution in [0, 0.1) is 5.82 Å². The summed E-state index contributed by atoms with van der Waals surface area (Å²) in [5.41, 5.74) is 1.47. The van der Waals surface area contributed by atoms with Gasteiger partial charge in [0.1, 0.15) is 5.82 Å². The Morgan fingerprint density at radius 1 is 1.19 bits per heavy atom. The average Bonchev–Trinajstić information content (AvgIpc) is 3.41. The minimum Gasteiger partial charge on any atom is -0.324 e. The molecule has 5 nitrogen and oxygen atoms in total. The molecule has 31 heavy (non-hydrogen) atoms. The number of thioether (sulfide) groups is 1. The Bertz CT molecular complexity index is 1180. The number of anilines is 1. The Morgan fingerprint density at radius 2 is 2.00 bits per heavy atom. The van der Waals surface area contributed by atoms with Crippen molar-refractivity contribution in [3.8, 4) is 10.7 Å². The molecule has 2 heterocycles. The lowest BCUT2D eigenvalue weighted by atomic mass is 10.2. The molecule has 0 saturated carbocycles. The molecule has 0 spiro atoms. The molecule has 0 unspecified atom stereocenters. The van der Waals surface area contributed by atoms with E-state index in [2.05, 4.69) is 15.5 Å². The van der Waals surface area contributed by atoms with E-state index in [1.165, 1.54) is 30.0 Å². The smallest absolute Gasteiger partial charge is 0.237 e. The number of hydrogen-bond donors (Lipinski definition) is 1. The van der Waals surface area contributed by atoms with Crippen LogP contribution < -0.4 is 5.32 Å². The van der Waals surface area contributed by atoms with Gasteiger partial charge in [-0.25, -0.2) is 4.39 Å². The summed E-state index contributed by atoms with van der Waals surface area (Å²) in [4.78, 5) is 13.7. The Morgan fingerprint density at radius 3 is 2.71 bits per heavy atom. The molecule has 1 amide bonds. The summed E-state index contributed by atoms with van der Waals surface area (Å²) >= 11 is 8.92. The minimum absolute atomic E-state index is 0.151. The lowest BCUT2D eigenvalue weighted by Gasteiger charge is -2.14. The lowest BCUT2D eigenvalue weighted by molar-refractivity contribution is -0.115. The summed E-state index contributed by atoms with van der Waals surface area (Å²) in [6, 6.07) is 17.9. The number of aromatic nitrogens is 3. The van der Waals surface area contributed by atoms with Gasteiger partial charge in [-0.1, -0.05) is 59.8 Å². The van der Waals surface area contributed by atoms with Crippen molar-refractivity contribution in [2.75, 3.05) is 5.32 Å². The number of carbonyl (C=O) groups excluding carboxylic acids is 1. The van der Waals surface area contributed by atoms with Gasteiger partial charge in [0.05, 0.1) is 27.4 Å². The molecule has 1 N–H and O–H groups in total. The summed E-state index contributed by atoms with van der Waals surface area (Å²) in [7, 11) is 0. The van der Waals surface area contributed by atoms with Gasteiger partial charge >= 0.3 is 0 Å². The van der Waals surface area contributed by atoms with Crippen LogP contribution in [-0.2, 0) is 11.3 Å². The Labute approximate surface area is 192 Å². The second kappa shape index (κ2) is 9.64. The number of thiophene rings is 1. The van der Waals surface area contributed by atoms with E-state index in [-0.39, 0.29) is 10.9 Å². The Kier molecular flexibility index (Phi) is 6.70. The molecule has 2 aromatic heterocycles. The first-order valence-corrected chi connectivity index (χ1v) is 11.6. The highest BCUT2D eigenvalue weighted by Crippen LogP contribution is 2.31. The third kappa shape index (κ3) is 5.15. The molecule has 4 aromatic rings. The number of benzene rings is 2. The number of carbonyl (C=O) groups is 1. The number of nitrogens with one attached hydrogen (secondary N) is 1. The first kappa shape index (κ1) is 21.5. The molecule has 0 saturated heterocycles. The van der Waals surface area contributed by atoms with E-state index in [9.17, 15) is 9.18 Å². The Balaban J connectivity index is 1.56. The molecule has 0 aliphatic rings. The first-order chi connectivity index (χ1) is 15.0. The van der Waals surface area contributed by atoms with Gasteiger partial charge < -0.3 is 5.32 Å². The zero-order chi connectivity index (χ0) is 21.8. The molecule has 0 aliphatic carbocycles. The van der Waals surface area contributed by atoms with Crippen molar-refractivity contribution >= 4 is 46.3 Å². The molecular formula is C22H18ClFN4OS2. The van der Waals surface area contributed by atoms with Gasteiger partial charge in [-0.15, -0.1) is 21.5 Å². The first-order valence-electron chi connectivity index (χ1n) is 9.45. The van der Waals surface area contributed by atoms with Crippen LogP contribution in [0.4, 0.5) is 10.1 Å². The second-order valence-corrected chi connectivity index (χ2v) is 9.39. The fourth-order valence-corrected chi connectivity index (χ4v) is 4.69. The van der Waals surface area contributed by atoms with Gasteiger partial charge in [0.15, 0.2) is 11.0 Å². The van der Waals surface area contributed by atoms with Gasteiger partial charge in [-0.3, -0.25) is 9.36 Å². The topological polar surface area (TPSA) is 59.8 Å². The van der Waals surface area contributed by atoms with Gasteiger partial charge in [-0.05, 0) is 42.1 Å². The molecule has 1 atom stereocenters. The monoisotopic (exact) mass is 472 g/mol. The molecule has 0 radical (unpaired) electrons. The number of halogens is 2. The summed E-state index contributed by atoms with van der Waals surface area (Å²) in [6.45, 7) is 2.37. The Hall–Kier alpha value is -2.68. The van der Waals surface area contributed by atoms with Crippen LogP contribution in [-0.4, -0.2) is 25.9 Å². The normalized spacial score (nSPS) is 12.0. The number of amides is 1. The fourth-order valence-electron chi connectivity index (χ4n) is 2.91. The quantitative estimate of drug-likeness (QED) is 0.337. The molecule has 2 aromatic carbocycles. The van der Waals surface area contributed by atoms with E-state index < -0.39 is 11.1 Å².